The van der Waals surface area contributed by atoms with Crippen molar-refractivity contribution in [3.8, 4) is 11.4 Å². The van der Waals surface area contributed by atoms with Crippen molar-refractivity contribution in [1.29, 1.82) is 0 Å². The number of nitrogens with zero attached hydrogens (tertiary/aromatic N) is 3. The third-order valence-electron chi connectivity index (χ3n) is 4.58. The predicted octanol–water partition coefficient (Wildman–Crippen LogP) is 3.48. The van der Waals surface area contributed by atoms with Gasteiger partial charge in [0.2, 0.25) is 5.91 Å². The number of carbonyl (C=O) groups is 1. The quantitative estimate of drug-likeness (QED) is 0.655. The van der Waals surface area contributed by atoms with Crippen molar-refractivity contribution >= 4 is 12.0 Å². The van der Waals surface area contributed by atoms with E-state index < -0.39 is 0 Å². The molecule has 3 aromatic rings. The van der Waals surface area contributed by atoms with E-state index in [9.17, 15) is 4.79 Å². The monoisotopic (exact) mass is 359 g/mol. The number of benzene rings is 2. The van der Waals surface area contributed by atoms with Gasteiger partial charge >= 0.3 is 0 Å². The maximum absolute atomic E-state index is 12.4. The summed E-state index contributed by atoms with van der Waals surface area (Å²) in [6.07, 6.45) is 8.13. The molecule has 0 unspecified atom stereocenters. The summed E-state index contributed by atoms with van der Waals surface area (Å²) >= 11 is 0. The Bertz CT molecular complexity index is 976. The molecule has 1 amide bonds. The molecule has 5 heteroatoms. The van der Waals surface area contributed by atoms with Crippen molar-refractivity contribution in [1.82, 2.24) is 14.7 Å². The highest BCUT2D eigenvalue weighted by molar-refractivity contribution is 5.91. The molecular weight excluding hydrogens is 338 g/mol. The molecule has 0 N–H and O–H groups in total. The minimum atomic E-state index is -0.0424. The number of rotatable bonds is 5. The largest absolute Gasteiger partial charge is 0.493 e. The van der Waals surface area contributed by atoms with Gasteiger partial charge in [0.1, 0.15) is 5.75 Å². The summed E-state index contributed by atoms with van der Waals surface area (Å²) in [5.74, 6) is 0.908. The van der Waals surface area contributed by atoms with Crippen LogP contribution in [-0.2, 0) is 17.8 Å². The predicted molar refractivity (Wildman–Crippen MR) is 105 cm³/mol. The van der Waals surface area contributed by atoms with E-state index in [1.54, 1.807) is 24.2 Å². The fourth-order valence-corrected chi connectivity index (χ4v) is 3.12. The smallest absolute Gasteiger partial charge is 0.246 e. The minimum Gasteiger partial charge on any atom is -0.493 e. The molecule has 0 saturated carbocycles. The highest BCUT2D eigenvalue weighted by Crippen LogP contribution is 2.26. The number of hydrogen-bond donors (Lipinski definition) is 0. The highest BCUT2D eigenvalue weighted by atomic mass is 16.5. The van der Waals surface area contributed by atoms with E-state index in [1.165, 1.54) is 5.56 Å². The SMILES string of the molecule is CN(Cc1cnn(-c2ccccc2)c1)C(=O)/C=C/c1ccc2c(c1)CCO2. The Kier molecular flexibility index (Phi) is 4.75. The number of aromatic nitrogens is 2. The zero-order valence-electron chi connectivity index (χ0n) is 15.2. The van der Waals surface area contributed by atoms with E-state index in [0.717, 1.165) is 35.6 Å². The molecule has 1 aliphatic rings. The Balaban J connectivity index is 1.39. The van der Waals surface area contributed by atoms with E-state index in [4.69, 9.17) is 4.74 Å². The average molecular weight is 359 g/mol. The van der Waals surface area contributed by atoms with Gasteiger partial charge in [-0.25, -0.2) is 4.68 Å². The molecule has 5 nitrogen and oxygen atoms in total. The summed E-state index contributed by atoms with van der Waals surface area (Å²) in [5, 5.41) is 4.37. The number of para-hydroxylation sites is 1. The number of amides is 1. The van der Waals surface area contributed by atoms with Crippen LogP contribution in [-0.4, -0.2) is 34.2 Å². The molecule has 0 fully saturated rings. The van der Waals surface area contributed by atoms with Crippen molar-refractivity contribution < 1.29 is 9.53 Å². The molecule has 2 heterocycles. The Morgan fingerprint density at radius 2 is 2.11 bits per heavy atom. The Labute approximate surface area is 158 Å². The van der Waals surface area contributed by atoms with Gasteiger partial charge in [-0.2, -0.15) is 5.10 Å². The van der Waals surface area contributed by atoms with E-state index in [2.05, 4.69) is 11.2 Å². The molecule has 0 atom stereocenters. The first-order valence-corrected chi connectivity index (χ1v) is 8.97. The van der Waals surface area contributed by atoms with Crippen LogP contribution in [0.3, 0.4) is 0 Å². The summed E-state index contributed by atoms with van der Waals surface area (Å²) in [5.41, 5.74) is 4.19. The van der Waals surface area contributed by atoms with Crippen LogP contribution in [0.4, 0.5) is 0 Å². The Morgan fingerprint density at radius 3 is 2.96 bits per heavy atom. The standard InChI is InChI=1S/C22H21N3O2/c1-24(15-18-14-23-25(16-18)20-5-3-2-4-6-20)22(26)10-8-17-7-9-21-19(13-17)11-12-27-21/h2-10,13-14,16H,11-12,15H2,1H3/b10-8+. The lowest BCUT2D eigenvalue weighted by Crippen LogP contribution is -2.23. The van der Waals surface area contributed by atoms with Crippen molar-refractivity contribution in [2.24, 2.45) is 0 Å². The molecule has 0 radical (unpaired) electrons. The zero-order chi connectivity index (χ0) is 18.6. The van der Waals surface area contributed by atoms with Gasteiger partial charge in [-0.15, -0.1) is 0 Å². The second kappa shape index (κ2) is 7.50. The fraction of sp³-hybridized carbons (Fsp3) is 0.182. The minimum absolute atomic E-state index is 0.0424. The van der Waals surface area contributed by atoms with E-state index in [1.807, 2.05) is 59.4 Å². The van der Waals surface area contributed by atoms with Gasteiger partial charge in [-0.1, -0.05) is 24.3 Å². The van der Waals surface area contributed by atoms with Gasteiger partial charge in [0.15, 0.2) is 0 Å². The van der Waals surface area contributed by atoms with E-state index in [-0.39, 0.29) is 5.91 Å². The number of carbonyl (C=O) groups excluding carboxylic acids is 1. The lowest BCUT2D eigenvalue weighted by Gasteiger charge is -2.13. The lowest BCUT2D eigenvalue weighted by atomic mass is 10.1. The van der Waals surface area contributed by atoms with Crippen LogP contribution in [0.1, 0.15) is 16.7 Å². The van der Waals surface area contributed by atoms with E-state index >= 15 is 0 Å². The van der Waals surface area contributed by atoms with Crippen LogP contribution < -0.4 is 4.74 Å². The highest BCUT2D eigenvalue weighted by Gasteiger charge is 2.12. The molecule has 4 rings (SSSR count). The van der Waals surface area contributed by atoms with Crippen LogP contribution in [0.25, 0.3) is 11.8 Å². The first-order chi connectivity index (χ1) is 13.2. The number of hydrogen-bond acceptors (Lipinski definition) is 3. The Hall–Kier alpha value is -3.34. The molecule has 2 aromatic carbocycles. The number of likely N-dealkylation sites (N-methyl/N-ethyl adjacent to an activating group) is 1. The number of ether oxygens (including phenoxy) is 1. The van der Waals surface area contributed by atoms with Gasteiger partial charge in [0, 0.05) is 37.8 Å². The molecule has 1 aliphatic heterocycles. The summed E-state index contributed by atoms with van der Waals surface area (Å²) in [6, 6.07) is 15.9. The topological polar surface area (TPSA) is 47.4 Å². The first kappa shape index (κ1) is 17.1. The van der Waals surface area contributed by atoms with Crippen LogP contribution in [0.2, 0.25) is 0 Å². The first-order valence-electron chi connectivity index (χ1n) is 8.97. The summed E-state index contributed by atoms with van der Waals surface area (Å²) in [6.45, 7) is 1.24. The van der Waals surface area contributed by atoms with E-state index in [0.29, 0.717) is 6.54 Å². The fourth-order valence-electron chi connectivity index (χ4n) is 3.12. The average Bonchev–Trinajstić information content (AvgIpc) is 3.35. The van der Waals surface area contributed by atoms with Crippen LogP contribution >= 0.6 is 0 Å². The molecule has 136 valence electrons. The zero-order valence-corrected chi connectivity index (χ0v) is 15.2. The van der Waals surface area contributed by atoms with Gasteiger partial charge in [0.25, 0.3) is 0 Å². The van der Waals surface area contributed by atoms with Crippen LogP contribution in [0.5, 0.6) is 5.75 Å². The lowest BCUT2D eigenvalue weighted by molar-refractivity contribution is -0.125. The van der Waals surface area contributed by atoms with Gasteiger partial charge in [-0.05, 0) is 41.5 Å². The molecule has 0 bridgehead atoms. The Morgan fingerprint density at radius 1 is 1.26 bits per heavy atom. The summed E-state index contributed by atoms with van der Waals surface area (Å²) in [4.78, 5) is 14.1. The van der Waals surface area contributed by atoms with Gasteiger partial charge in [0.05, 0.1) is 18.5 Å². The maximum atomic E-state index is 12.4. The molecule has 0 spiro atoms. The second-order valence-corrected chi connectivity index (χ2v) is 6.62. The third kappa shape index (κ3) is 3.92. The molecule has 1 aromatic heterocycles. The third-order valence-corrected chi connectivity index (χ3v) is 4.58. The summed E-state index contributed by atoms with van der Waals surface area (Å²) in [7, 11) is 1.79. The molecular formula is C22H21N3O2. The normalized spacial score (nSPS) is 12.8. The second-order valence-electron chi connectivity index (χ2n) is 6.62. The van der Waals surface area contributed by atoms with Crippen molar-refractivity contribution in [2.75, 3.05) is 13.7 Å². The van der Waals surface area contributed by atoms with Crippen LogP contribution in [0, 0.1) is 0 Å². The number of fused-ring (bicyclic) bond motifs is 1. The summed E-state index contributed by atoms with van der Waals surface area (Å²) < 4.78 is 7.33. The molecule has 0 saturated heterocycles. The van der Waals surface area contributed by atoms with Gasteiger partial charge < -0.3 is 9.64 Å². The van der Waals surface area contributed by atoms with Crippen LogP contribution in [0.15, 0.2) is 67.0 Å². The van der Waals surface area contributed by atoms with Gasteiger partial charge in [-0.3, -0.25) is 4.79 Å². The van der Waals surface area contributed by atoms with Crippen molar-refractivity contribution in [3.05, 3.63) is 83.7 Å². The molecule has 0 aliphatic carbocycles. The maximum Gasteiger partial charge on any atom is 0.246 e. The molecule has 27 heavy (non-hydrogen) atoms. The van der Waals surface area contributed by atoms with Crippen molar-refractivity contribution in [2.45, 2.75) is 13.0 Å². The van der Waals surface area contributed by atoms with Crippen molar-refractivity contribution in [3.63, 3.8) is 0 Å².